The number of anilines is 1. The molecule has 0 unspecified atom stereocenters. The maximum atomic E-state index is 5.04. The predicted octanol–water partition coefficient (Wildman–Crippen LogP) is 4.33. The first-order chi connectivity index (χ1) is 11.6. The van der Waals surface area contributed by atoms with Gasteiger partial charge >= 0.3 is 0 Å². The smallest absolute Gasteiger partial charge is 0.214 e. The van der Waals surface area contributed by atoms with Crippen molar-refractivity contribution in [1.29, 1.82) is 0 Å². The summed E-state index contributed by atoms with van der Waals surface area (Å²) < 4.78 is 4.47. The summed E-state index contributed by atoms with van der Waals surface area (Å²) in [7, 11) is 2.09. The van der Waals surface area contributed by atoms with Gasteiger partial charge < -0.3 is 9.47 Å². The zero-order valence-corrected chi connectivity index (χ0v) is 14.7. The van der Waals surface area contributed by atoms with Crippen LogP contribution in [0.3, 0.4) is 0 Å². The highest BCUT2D eigenvalue weighted by atomic mass is 15.3. The number of hydrogen-bond donors (Lipinski definition) is 0. The SMILES string of the molecule is Cc1ccccc1N1[C@@H](C)c2nc3n(C)ccn3c2C12CCCC2. The zero-order valence-electron chi connectivity index (χ0n) is 14.7. The minimum absolute atomic E-state index is 0.0988. The molecule has 3 heterocycles. The first kappa shape index (κ1) is 14.1. The Balaban J connectivity index is 1.79. The van der Waals surface area contributed by atoms with Crippen LogP contribution in [0, 0.1) is 6.92 Å². The summed E-state index contributed by atoms with van der Waals surface area (Å²) >= 11 is 0. The van der Waals surface area contributed by atoms with E-state index in [1.807, 2.05) is 0 Å². The summed E-state index contributed by atoms with van der Waals surface area (Å²) in [5, 5.41) is 0. The third-order valence-electron chi connectivity index (χ3n) is 6.16. The van der Waals surface area contributed by atoms with Crippen molar-refractivity contribution in [1.82, 2.24) is 14.0 Å². The van der Waals surface area contributed by atoms with Crippen molar-refractivity contribution in [3.8, 4) is 0 Å². The van der Waals surface area contributed by atoms with E-state index in [-0.39, 0.29) is 5.54 Å². The number of imidazole rings is 2. The molecule has 0 bridgehead atoms. The lowest BCUT2D eigenvalue weighted by Gasteiger charge is -2.40. The third kappa shape index (κ3) is 1.56. The lowest BCUT2D eigenvalue weighted by molar-refractivity contribution is 0.403. The zero-order chi connectivity index (χ0) is 16.5. The topological polar surface area (TPSA) is 25.5 Å². The van der Waals surface area contributed by atoms with Crippen molar-refractivity contribution in [2.24, 2.45) is 7.05 Å². The molecule has 124 valence electrons. The second-order valence-corrected chi connectivity index (χ2v) is 7.50. The van der Waals surface area contributed by atoms with E-state index >= 15 is 0 Å². The molecule has 0 radical (unpaired) electrons. The van der Waals surface area contributed by atoms with Gasteiger partial charge in [0.15, 0.2) is 0 Å². The molecule has 2 aliphatic rings. The van der Waals surface area contributed by atoms with Crippen LogP contribution in [0.25, 0.3) is 5.78 Å². The Morgan fingerprint density at radius 3 is 2.62 bits per heavy atom. The number of benzene rings is 1. The molecule has 5 rings (SSSR count). The van der Waals surface area contributed by atoms with Gasteiger partial charge in [0.1, 0.15) is 0 Å². The van der Waals surface area contributed by atoms with Gasteiger partial charge in [-0.1, -0.05) is 31.0 Å². The van der Waals surface area contributed by atoms with Crippen molar-refractivity contribution in [3.63, 3.8) is 0 Å². The molecule has 0 N–H and O–H groups in total. The molecular formula is C20H24N4. The van der Waals surface area contributed by atoms with Gasteiger partial charge in [-0.2, -0.15) is 0 Å². The highest BCUT2D eigenvalue weighted by Gasteiger charge is 2.53. The molecule has 1 aliphatic heterocycles. The van der Waals surface area contributed by atoms with E-state index in [4.69, 9.17) is 4.98 Å². The van der Waals surface area contributed by atoms with E-state index in [9.17, 15) is 0 Å². The summed E-state index contributed by atoms with van der Waals surface area (Å²) in [6, 6.07) is 9.13. The average Bonchev–Trinajstić information content (AvgIpc) is 3.29. The summed E-state index contributed by atoms with van der Waals surface area (Å²) in [6.45, 7) is 4.55. The second-order valence-electron chi connectivity index (χ2n) is 7.50. The van der Waals surface area contributed by atoms with Crippen molar-refractivity contribution in [2.45, 2.75) is 51.1 Å². The number of nitrogens with zero attached hydrogens (tertiary/aromatic N) is 4. The Labute approximate surface area is 142 Å². The van der Waals surface area contributed by atoms with Crippen molar-refractivity contribution in [2.75, 3.05) is 4.90 Å². The highest BCUT2D eigenvalue weighted by Crippen LogP contribution is 2.56. The van der Waals surface area contributed by atoms with Gasteiger partial charge in [0, 0.05) is 25.1 Å². The van der Waals surface area contributed by atoms with E-state index in [1.54, 1.807) is 0 Å². The summed E-state index contributed by atoms with van der Waals surface area (Å²) in [5.41, 5.74) is 5.53. The maximum absolute atomic E-state index is 5.04. The number of rotatable bonds is 1. The molecular weight excluding hydrogens is 296 g/mol. The average molecular weight is 320 g/mol. The molecule has 1 aliphatic carbocycles. The molecule has 1 fully saturated rings. The van der Waals surface area contributed by atoms with Crippen LogP contribution in [0.1, 0.15) is 55.6 Å². The lowest BCUT2D eigenvalue weighted by atomic mass is 9.92. The summed E-state index contributed by atoms with van der Waals surface area (Å²) in [6.07, 6.45) is 9.35. The molecule has 24 heavy (non-hydrogen) atoms. The van der Waals surface area contributed by atoms with Crippen LogP contribution in [0.2, 0.25) is 0 Å². The van der Waals surface area contributed by atoms with Crippen LogP contribution in [0.5, 0.6) is 0 Å². The number of fused-ring (bicyclic) bond motifs is 4. The van der Waals surface area contributed by atoms with E-state index in [2.05, 4.69) is 71.4 Å². The van der Waals surface area contributed by atoms with E-state index < -0.39 is 0 Å². The molecule has 0 amide bonds. The largest absolute Gasteiger partial charge is 0.352 e. The fourth-order valence-electron chi connectivity index (χ4n) is 5.13. The van der Waals surface area contributed by atoms with Gasteiger partial charge in [-0.3, -0.25) is 4.40 Å². The summed E-state index contributed by atoms with van der Waals surface area (Å²) in [5.74, 6) is 1.07. The van der Waals surface area contributed by atoms with Crippen LogP contribution >= 0.6 is 0 Å². The molecule has 1 atom stereocenters. The van der Waals surface area contributed by atoms with Crippen molar-refractivity contribution >= 4 is 11.5 Å². The molecule has 2 aromatic heterocycles. The lowest BCUT2D eigenvalue weighted by Crippen LogP contribution is -2.41. The normalized spacial score (nSPS) is 22.0. The van der Waals surface area contributed by atoms with Crippen molar-refractivity contribution < 1.29 is 0 Å². The number of aryl methyl sites for hydroxylation is 2. The fraction of sp³-hybridized carbons (Fsp3) is 0.450. The van der Waals surface area contributed by atoms with E-state index in [1.165, 1.54) is 48.3 Å². The van der Waals surface area contributed by atoms with Gasteiger partial charge in [-0.15, -0.1) is 0 Å². The minimum Gasteiger partial charge on any atom is -0.352 e. The van der Waals surface area contributed by atoms with Gasteiger partial charge in [0.25, 0.3) is 0 Å². The quantitative estimate of drug-likeness (QED) is 0.667. The van der Waals surface area contributed by atoms with Crippen LogP contribution < -0.4 is 4.90 Å². The molecule has 1 aromatic carbocycles. The number of para-hydroxylation sites is 1. The first-order valence-electron chi connectivity index (χ1n) is 9.02. The Morgan fingerprint density at radius 2 is 1.88 bits per heavy atom. The van der Waals surface area contributed by atoms with Crippen LogP contribution in [-0.2, 0) is 12.6 Å². The Hall–Kier alpha value is -2.23. The Kier molecular flexibility index (Phi) is 2.74. The Bertz CT molecular complexity index is 926. The van der Waals surface area contributed by atoms with Crippen LogP contribution in [-0.4, -0.2) is 14.0 Å². The van der Waals surface area contributed by atoms with Crippen LogP contribution in [0.4, 0.5) is 5.69 Å². The molecule has 1 spiro atoms. The second kappa shape index (κ2) is 4.65. The molecule has 4 heteroatoms. The van der Waals surface area contributed by atoms with Gasteiger partial charge in [0.2, 0.25) is 5.78 Å². The van der Waals surface area contributed by atoms with Gasteiger partial charge in [0.05, 0.1) is 23.0 Å². The van der Waals surface area contributed by atoms with Crippen LogP contribution in [0.15, 0.2) is 36.7 Å². The molecule has 4 nitrogen and oxygen atoms in total. The van der Waals surface area contributed by atoms with Gasteiger partial charge in [-0.05, 0) is 38.3 Å². The monoisotopic (exact) mass is 320 g/mol. The maximum Gasteiger partial charge on any atom is 0.214 e. The third-order valence-corrected chi connectivity index (χ3v) is 6.16. The van der Waals surface area contributed by atoms with Gasteiger partial charge in [-0.25, -0.2) is 4.98 Å². The molecule has 0 saturated heterocycles. The Morgan fingerprint density at radius 1 is 1.12 bits per heavy atom. The molecule has 1 saturated carbocycles. The molecule has 3 aromatic rings. The number of aromatic nitrogens is 3. The fourth-order valence-corrected chi connectivity index (χ4v) is 5.13. The predicted molar refractivity (Wildman–Crippen MR) is 96.4 cm³/mol. The highest BCUT2D eigenvalue weighted by molar-refractivity contribution is 5.63. The van der Waals surface area contributed by atoms with Crippen molar-refractivity contribution in [3.05, 3.63) is 53.6 Å². The van der Waals surface area contributed by atoms with E-state index in [0.717, 1.165) is 5.78 Å². The first-order valence-corrected chi connectivity index (χ1v) is 9.02. The number of hydrogen-bond acceptors (Lipinski definition) is 2. The summed E-state index contributed by atoms with van der Waals surface area (Å²) in [4.78, 5) is 7.72. The van der Waals surface area contributed by atoms with E-state index in [0.29, 0.717) is 6.04 Å². The minimum atomic E-state index is 0.0988. The standard InChI is InChI=1S/C20H24N4/c1-14-8-4-5-9-16(14)24-15(2)17-18(20(24)10-6-7-11-20)23-13-12-22(3)19(23)21-17/h4-5,8-9,12-13,15H,6-7,10-11H2,1-3H3/t15-/m0/s1.